The predicted octanol–water partition coefficient (Wildman–Crippen LogP) is 1.65. The Bertz CT molecular complexity index is 640. The van der Waals surface area contributed by atoms with Crippen LogP contribution < -0.4 is 10.5 Å². The van der Waals surface area contributed by atoms with E-state index in [-0.39, 0.29) is 11.7 Å². The highest BCUT2D eigenvalue weighted by molar-refractivity contribution is 5.42. The summed E-state index contributed by atoms with van der Waals surface area (Å²) in [5.74, 6) is 0.435. The van der Waals surface area contributed by atoms with E-state index < -0.39 is 4.92 Å². The zero-order chi connectivity index (χ0) is 15.4. The number of benzene rings is 1. The molecule has 0 amide bonds. The third kappa shape index (κ3) is 3.54. The minimum atomic E-state index is -0.453. The van der Waals surface area contributed by atoms with Gasteiger partial charge < -0.3 is 10.5 Å². The molecule has 8 heteroatoms. The fourth-order valence-corrected chi connectivity index (χ4v) is 1.91. The Kier molecular flexibility index (Phi) is 4.49. The Morgan fingerprint density at radius 3 is 2.86 bits per heavy atom. The van der Waals surface area contributed by atoms with E-state index in [0.717, 1.165) is 6.42 Å². The van der Waals surface area contributed by atoms with Crippen molar-refractivity contribution >= 4 is 5.69 Å². The van der Waals surface area contributed by atoms with E-state index in [1.807, 2.05) is 6.92 Å². The summed E-state index contributed by atoms with van der Waals surface area (Å²) in [7, 11) is 1.47. The fraction of sp³-hybridized carbons (Fsp3) is 0.385. The Labute approximate surface area is 121 Å². The largest absolute Gasteiger partial charge is 0.496 e. The zero-order valence-corrected chi connectivity index (χ0v) is 11.9. The van der Waals surface area contributed by atoms with Crippen LogP contribution in [0.25, 0.3) is 0 Å². The quantitative estimate of drug-likeness (QED) is 0.640. The number of aromatic nitrogens is 3. The molecule has 0 fully saturated rings. The number of nitrogens with zero attached hydrogens (tertiary/aromatic N) is 4. The third-order valence-corrected chi connectivity index (χ3v) is 3.12. The van der Waals surface area contributed by atoms with Gasteiger partial charge in [0.1, 0.15) is 5.75 Å². The highest BCUT2D eigenvalue weighted by atomic mass is 16.6. The summed E-state index contributed by atoms with van der Waals surface area (Å²) in [4.78, 5) is 10.5. The molecule has 1 aromatic carbocycles. The lowest BCUT2D eigenvalue weighted by atomic mass is 10.2. The van der Waals surface area contributed by atoms with Crippen LogP contribution in [0.15, 0.2) is 24.4 Å². The summed E-state index contributed by atoms with van der Waals surface area (Å²) in [6.07, 6.45) is 2.52. The van der Waals surface area contributed by atoms with Crippen LogP contribution in [0, 0.1) is 10.1 Å². The smallest absolute Gasteiger partial charge is 0.273 e. The van der Waals surface area contributed by atoms with Gasteiger partial charge >= 0.3 is 0 Å². The molecule has 0 bridgehead atoms. The molecule has 0 aliphatic heterocycles. The van der Waals surface area contributed by atoms with E-state index in [0.29, 0.717) is 23.6 Å². The second-order valence-electron chi connectivity index (χ2n) is 4.65. The second-order valence-corrected chi connectivity index (χ2v) is 4.65. The van der Waals surface area contributed by atoms with Gasteiger partial charge in [-0.1, -0.05) is 12.1 Å². The van der Waals surface area contributed by atoms with E-state index in [2.05, 4.69) is 10.3 Å². The molecule has 0 aliphatic carbocycles. The van der Waals surface area contributed by atoms with Gasteiger partial charge in [0.05, 0.1) is 42.6 Å². The average molecular weight is 291 g/mol. The SMILES string of the molecule is CCC(N)c1cn(Cc2cc(OC)cc([N+](=O)[O-])c2)nn1. The van der Waals surface area contributed by atoms with E-state index in [9.17, 15) is 10.1 Å². The molecule has 1 aromatic heterocycles. The second kappa shape index (κ2) is 6.31. The molecule has 0 saturated heterocycles. The van der Waals surface area contributed by atoms with Crippen LogP contribution in [0.3, 0.4) is 0 Å². The maximum atomic E-state index is 10.9. The number of methoxy groups -OCH3 is 1. The van der Waals surface area contributed by atoms with Gasteiger partial charge in [0, 0.05) is 6.07 Å². The molecule has 2 N–H and O–H groups in total. The average Bonchev–Trinajstić information content (AvgIpc) is 2.94. The number of hydrogen-bond donors (Lipinski definition) is 1. The van der Waals surface area contributed by atoms with Crippen molar-refractivity contribution in [2.45, 2.75) is 25.9 Å². The number of rotatable bonds is 6. The number of ether oxygens (including phenoxy) is 1. The summed E-state index contributed by atoms with van der Waals surface area (Å²) in [6, 6.07) is 4.44. The number of non-ortho nitro benzene ring substituents is 1. The van der Waals surface area contributed by atoms with Crippen LogP contribution in [-0.4, -0.2) is 27.0 Å². The molecule has 0 spiro atoms. The van der Waals surface area contributed by atoms with Crippen LogP contribution in [0.4, 0.5) is 5.69 Å². The number of nitro groups is 1. The van der Waals surface area contributed by atoms with Gasteiger partial charge in [-0.05, 0) is 18.1 Å². The first kappa shape index (κ1) is 14.9. The van der Waals surface area contributed by atoms with Crippen LogP contribution in [0.5, 0.6) is 5.75 Å². The Hall–Kier alpha value is -2.48. The van der Waals surface area contributed by atoms with Gasteiger partial charge in [0.25, 0.3) is 5.69 Å². The monoisotopic (exact) mass is 291 g/mol. The van der Waals surface area contributed by atoms with Crippen LogP contribution >= 0.6 is 0 Å². The van der Waals surface area contributed by atoms with Crippen molar-refractivity contribution in [1.82, 2.24) is 15.0 Å². The molecule has 0 radical (unpaired) electrons. The molecule has 21 heavy (non-hydrogen) atoms. The Balaban J connectivity index is 2.24. The Morgan fingerprint density at radius 1 is 1.48 bits per heavy atom. The van der Waals surface area contributed by atoms with Crippen molar-refractivity contribution in [1.29, 1.82) is 0 Å². The van der Waals surface area contributed by atoms with E-state index in [1.165, 1.54) is 19.2 Å². The van der Waals surface area contributed by atoms with E-state index >= 15 is 0 Å². The normalized spacial score (nSPS) is 12.1. The third-order valence-electron chi connectivity index (χ3n) is 3.12. The molecule has 2 aromatic rings. The molecule has 8 nitrogen and oxygen atoms in total. The summed E-state index contributed by atoms with van der Waals surface area (Å²) < 4.78 is 6.68. The number of nitro benzene ring substituents is 1. The van der Waals surface area contributed by atoms with Gasteiger partial charge in [0.2, 0.25) is 0 Å². The maximum absolute atomic E-state index is 10.9. The topological polar surface area (TPSA) is 109 Å². The first-order valence-corrected chi connectivity index (χ1v) is 6.51. The molecule has 2 rings (SSSR count). The molecule has 0 saturated carbocycles. The summed E-state index contributed by atoms with van der Waals surface area (Å²) in [6.45, 7) is 2.33. The first-order valence-electron chi connectivity index (χ1n) is 6.51. The molecule has 1 unspecified atom stereocenters. The van der Waals surface area contributed by atoms with Crippen molar-refractivity contribution in [2.24, 2.45) is 5.73 Å². The molecule has 1 atom stereocenters. The maximum Gasteiger partial charge on any atom is 0.273 e. The lowest BCUT2D eigenvalue weighted by molar-refractivity contribution is -0.385. The number of nitrogens with two attached hydrogens (primary N) is 1. The van der Waals surface area contributed by atoms with Crippen LogP contribution in [0.2, 0.25) is 0 Å². The highest BCUT2D eigenvalue weighted by Crippen LogP contribution is 2.23. The molecule has 1 heterocycles. The van der Waals surface area contributed by atoms with Crippen molar-refractivity contribution < 1.29 is 9.66 Å². The molecular weight excluding hydrogens is 274 g/mol. The highest BCUT2D eigenvalue weighted by Gasteiger charge is 2.12. The van der Waals surface area contributed by atoms with Gasteiger partial charge in [-0.25, -0.2) is 4.68 Å². The summed E-state index contributed by atoms with van der Waals surface area (Å²) in [5, 5.41) is 18.9. The predicted molar refractivity (Wildman–Crippen MR) is 76.0 cm³/mol. The molecule has 112 valence electrons. The van der Waals surface area contributed by atoms with Gasteiger partial charge in [0.15, 0.2) is 0 Å². The fourth-order valence-electron chi connectivity index (χ4n) is 1.91. The number of hydrogen-bond acceptors (Lipinski definition) is 6. The van der Waals surface area contributed by atoms with Gasteiger partial charge in [-0.15, -0.1) is 5.10 Å². The van der Waals surface area contributed by atoms with Crippen molar-refractivity contribution in [3.63, 3.8) is 0 Å². The van der Waals surface area contributed by atoms with Gasteiger partial charge in [-0.3, -0.25) is 10.1 Å². The van der Waals surface area contributed by atoms with Crippen molar-refractivity contribution in [3.8, 4) is 5.75 Å². The summed E-state index contributed by atoms with van der Waals surface area (Å²) in [5.41, 5.74) is 7.28. The van der Waals surface area contributed by atoms with E-state index in [1.54, 1.807) is 16.9 Å². The minimum Gasteiger partial charge on any atom is -0.496 e. The Morgan fingerprint density at radius 2 is 2.24 bits per heavy atom. The van der Waals surface area contributed by atoms with Crippen molar-refractivity contribution in [3.05, 3.63) is 45.8 Å². The van der Waals surface area contributed by atoms with Crippen LogP contribution in [0.1, 0.15) is 30.6 Å². The minimum absolute atomic E-state index is 0.0186. The molecule has 0 aliphatic rings. The summed E-state index contributed by atoms with van der Waals surface area (Å²) >= 11 is 0. The van der Waals surface area contributed by atoms with Crippen molar-refractivity contribution in [2.75, 3.05) is 7.11 Å². The van der Waals surface area contributed by atoms with E-state index in [4.69, 9.17) is 10.5 Å². The zero-order valence-electron chi connectivity index (χ0n) is 11.9. The van der Waals surface area contributed by atoms with Crippen LogP contribution in [-0.2, 0) is 6.54 Å². The lowest BCUT2D eigenvalue weighted by Gasteiger charge is -2.05. The standard InChI is InChI=1S/C13H17N5O3/c1-3-12(14)13-8-17(16-15-13)7-9-4-10(18(19)20)6-11(5-9)21-2/h4-6,8,12H,3,7,14H2,1-2H3. The first-order chi connectivity index (χ1) is 10.0. The molecular formula is C13H17N5O3. The van der Waals surface area contributed by atoms with Gasteiger partial charge in [-0.2, -0.15) is 0 Å². The lowest BCUT2D eigenvalue weighted by Crippen LogP contribution is -2.08.